The zero-order valence-corrected chi connectivity index (χ0v) is 12.9. The summed E-state index contributed by atoms with van der Waals surface area (Å²) < 4.78 is 0. The molecule has 1 aliphatic heterocycles. The van der Waals surface area contributed by atoms with Crippen molar-refractivity contribution in [1.29, 1.82) is 0 Å². The minimum Gasteiger partial charge on any atom is -0.478 e. The normalized spacial score (nSPS) is 23.0. The highest BCUT2D eigenvalue weighted by atomic mass is 35.5. The molecule has 0 fully saturated rings. The summed E-state index contributed by atoms with van der Waals surface area (Å²) in [5, 5.41) is 16.4. The highest BCUT2D eigenvalue weighted by molar-refractivity contribution is 6.32. The Morgan fingerprint density at radius 1 is 1.43 bits per heavy atom. The van der Waals surface area contributed by atoms with Gasteiger partial charge in [-0.25, -0.2) is 4.79 Å². The standard InChI is InChI=1S/C16H13ClN4O2/c1-21-15(10-6-8(17)2-3-11(10)20-21)13-7-12-14(19-13)9(16(22)23)4-5-18-12/h2-7,10,15,19H,1H3,(H,22,23). The molecule has 0 saturated carbocycles. The lowest BCUT2D eigenvalue weighted by Crippen LogP contribution is -2.22. The van der Waals surface area contributed by atoms with E-state index in [1.165, 1.54) is 12.3 Å². The van der Waals surface area contributed by atoms with Gasteiger partial charge in [0.2, 0.25) is 0 Å². The molecule has 2 unspecified atom stereocenters. The second kappa shape index (κ2) is 4.96. The lowest BCUT2D eigenvalue weighted by atomic mass is 9.90. The number of aromatic nitrogens is 2. The number of pyridine rings is 1. The van der Waals surface area contributed by atoms with Crippen LogP contribution in [0.4, 0.5) is 0 Å². The number of allylic oxidation sites excluding steroid dienone is 3. The van der Waals surface area contributed by atoms with Crippen LogP contribution in [0.5, 0.6) is 0 Å². The Morgan fingerprint density at radius 3 is 3.04 bits per heavy atom. The van der Waals surface area contributed by atoms with Crippen LogP contribution < -0.4 is 0 Å². The van der Waals surface area contributed by atoms with E-state index in [0.29, 0.717) is 16.1 Å². The van der Waals surface area contributed by atoms with Gasteiger partial charge in [-0.2, -0.15) is 5.10 Å². The van der Waals surface area contributed by atoms with Crippen molar-refractivity contribution in [1.82, 2.24) is 15.0 Å². The van der Waals surface area contributed by atoms with E-state index in [1.54, 1.807) is 0 Å². The van der Waals surface area contributed by atoms with Crippen LogP contribution in [0.1, 0.15) is 22.1 Å². The van der Waals surface area contributed by atoms with Crippen molar-refractivity contribution in [2.45, 2.75) is 6.04 Å². The van der Waals surface area contributed by atoms with Crippen LogP contribution in [-0.2, 0) is 0 Å². The monoisotopic (exact) mass is 328 g/mol. The number of aromatic carboxylic acids is 1. The Bertz CT molecular complexity index is 912. The predicted octanol–water partition coefficient (Wildman–Crippen LogP) is 2.91. The van der Waals surface area contributed by atoms with Gasteiger partial charge in [0.15, 0.2) is 0 Å². The zero-order valence-electron chi connectivity index (χ0n) is 12.2. The van der Waals surface area contributed by atoms with Crippen molar-refractivity contribution in [3.8, 4) is 0 Å². The maximum absolute atomic E-state index is 11.4. The molecule has 0 bridgehead atoms. The van der Waals surface area contributed by atoms with Gasteiger partial charge in [-0.05, 0) is 24.3 Å². The highest BCUT2D eigenvalue weighted by Crippen LogP contribution is 2.39. The van der Waals surface area contributed by atoms with Gasteiger partial charge in [0.05, 0.1) is 34.3 Å². The fourth-order valence-corrected chi connectivity index (χ4v) is 3.40. The Morgan fingerprint density at radius 2 is 2.26 bits per heavy atom. The van der Waals surface area contributed by atoms with Crippen molar-refractivity contribution in [2.24, 2.45) is 11.0 Å². The van der Waals surface area contributed by atoms with Crippen LogP contribution in [0.2, 0.25) is 0 Å². The molecule has 1 aliphatic carbocycles. The third kappa shape index (κ3) is 2.14. The number of rotatable bonds is 2. The molecule has 0 saturated heterocycles. The van der Waals surface area contributed by atoms with Gasteiger partial charge in [0.1, 0.15) is 0 Å². The molecule has 2 aromatic rings. The van der Waals surface area contributed by atoms with Crippen molar-refractivity contribution < 1.29 is 9.90 Å². The third-order valence-electron chi connectivity index (χ3n) is 4.20. The summed E-state index contributed by atoms with van der Waals surface area (Å²) in [7, 11) is 1.89. The summed E-state index contributed by atoms with van der Waals surface area (Å²) in [5.41, 5.74) is 3.16. The summed E-state index contributed by atoms with van der Waals surface area (Å²) in [4.78, 5) is 18.8. The Hall–Kier alpha value is -2.60. The molecule has 116 valence electrons. The van der Waals surface area contributed by atoms with Crippen molar-refractivity contribution in [2.75, 3.05) is 7.05 Å². The Balaban J connectivity index is 1.82. The molecule has 0 amide bonds. The highest BCUT2D eigenvalue weighted by Gasteiger charge is 2.36. The van der Waals surface area contributed by atoms with Gasteiger partial charge in [0, 0.05) is 24.0 Å². The van der Waals surface area contributed by atoms with Crippen LogP contribution in [-0.4, -0.2) is 38.8 Å². The number of hydrazone groups is 1. The molecule has 0 radical (unpaired) electrons. The molecule has 2 N–H and O–H groups in total. The molecular formula is C16H13ClN4O2. The number of nitrogens with zero attached hydrogens (tertiary/aromatic N) is 3. The second-order valence-electron chi connectivity index (χ2n) is 5.60. The molecule has 2 aliphatic rings. The molecule has 0 aromatic carbocycles. The van der Waals surface area contributed by atoms with E-state index in [2.05, 4.69) is 15.1 Å². The third-order valence-corrected chi connectivity index (χ3v) is 4.45. The molecule has 6 nitrogen and oxygen atoms in total. The zero-order chi connectivity index (χ0) is 16.1. The number of halogens is 1. The van der Waals surface area contributed by atoms with Gasteiger partial charge < -0.3 is 10.1 Å². The quantitative estimate of drug-likeness (QED) is 0.888. The molecular weight excluding hydrogens is 316 g/mol. The van der Waals surface area contributed by atoms with Gasteiger partial charge >= 0.3 is 5.97 Å². The van der Waals surface area contributed by atoms with Crippen molar-refractivity contribution >= 4 is 34.3 Å². The largest absolute Gasteiger partial charge is 0.478 e. The maximum Gasteiger partial charge on any atom is 0.337 e. The summed E-state index contributed by atoms with van der Waals surface area (Å²) in [6.45, 7) is 0. The summed E-state index contributed by atoms with van der Waals surface area (Å²) in [6.07, 6.45) is 7.20. The number of hydrogen-bond acceptors (Lipinski definition) is 4. The van der Waals surface area contributed by atoms with Gasteiger partial charge in [0.25, 0.3) is 0 Å². The second-order valence-corrected chi connectivity index (χ2v) is 6.04. The smallest absolute Gasteiger partial charge is 0.337 e. The minimum absolute atomic E-state index is 0.0267. The molecule has 0 spiro atoms. The van der Waals surface area contributed by atoms with E-state index in [0.717, 1.165) is 11.4 Å². The fraction of sp³-hybridized carbons (Fsp3) is 0.188. The summed E-state index contributed by atoms with van der Waals surface area (Å²) in [5.74, 6) is -0.954. The van der Waals surface area contributed by atoms with Crippen LogP contribution in [0, 0.1) is 5.92 Å². The predicted molar refractivity (Wildman–Crippen MR) is 87.6 cm³/mol. The van der Waals surface area contributed by atoms with E-state index in [9.17, 15) is 9.90 Å². The summed E-state index contributed by atoms with van der Waals surface area (Å²) in [6, 6.07) is 3.30. The van der Waals surface area contributed by atoms with E-state index in [4.69, 9.17) is 11.6 Å². The summed E-state index contributed by atoms with van der Waals surface area (Å²) >= 11 is 6.13. The fourth-order valence-electron chi connectivity index (χ4n) is 3.20. The van der Waals surface area contributed by atoms with Crippen molar-refractivity contribution in [3.05, 3.63) is 52.8 Å². The topological polar surface area (TPSA) is 81.6 Å². The maximum atomic E-state index is 11.4. The molecule has 2 atom stereocenters. The first-order valence-corrected chi connectivity index (χ1v) is 7.50. The van der Waals surface area contributed by atoms with E-state index < -0.39 is 5.97 Å². The van der Waals surface area contributed by atoms with Gasteiger partial charge in [-0.3, -0.25) is 9.99 Å². The number of fused-ring (bicyclic) bond motifs is 2. The number of carboxylic acids is 1. The number of nitrogens with one attached hydrogen (secondary N) is 1. The average molecular weight is 329 g/mol. The van der Waals surface area contributed by atoms with E-state index >= 15 is 0 Å². The number of carbonyl (C=O) groups is 1. The first-order valence-electron chi connectivity index (χ1n) is 7.12. The average Bonchev–Trinajstić information content (AvgIpc) is 3.05. The van der Waals surface area contributed by atoms with Gasteiger partial charge in [-0.1, -0.05) is 17.7 Å². The molecule has 7 heteroatoms. The Labute approximate surface area is 136 Å². The lowest BCUT2D eigenvalue weighted by Gasteiger charge is -2.23. The molecule has 23 heavy (non-hydrogen) atoms. The van der Waals surface area contributed by atoms with Crippen LogP contribution >= 0.6 is 11.6 Å². The number of H-pyrrole nitrogens is 1. The van der Waals surface area contributed by atoms with E-state index in [1.807, 2.05) is 36.4 Å². The number of aromatic amines is 1. The lowest BCUT2D eigenvalue weighted by molar-refractivity contribution is 0.0698. The Kier molecular flexibility index (Phi) is 3.02. The van der Waals surface area contributed by atoms with Crippen LogP contribution in [0.15, 0.2) is 46.7 Å². The number of carboxylic acid groups (broad SMARTS) is 1. The van der Waals surface area contributed by atoms with Crippen LogP contribution in [0.3, 0.4) is 0 Å². The molecule has 4 rings (SSSR count). The molecule has 2 aromatic heterocycles. The van der Waals surface area contributed by atoms with Gasteiger partial charge in [-0.15, -0.1) is 0 Å². The minimum atomic E-state index is -0.981. The van der Waals surface area contributed by atoms with E-state index in [-0.39, 0.29) is 17.5 Å². The van der Waals surface area contributed by atoms with Crippen LogP contribution in [0.25, 0.3) is 11.0 Å². The molecule has 3 heterocycles. The first-order chi connectivity index (χ1) is 11.0. The first kappa shape index (κ1) is 14.0. The number of hydrogen-bond donors (Lipinski definition) is 2. The SMILES string of the molecule is CN1N=C2C=CC(Cl)=CC2C1c1cc2nccc(C(=O)O)c2[nH]1. The van der Waals surface area contributed by atoms with Crippen molar-refractivity contribution in [3.63, 3.8) is 0 Å².